The van der Waals surface area contributed by atoms with Gasteiger partial charge in [0, 0.05) is 17.6 Å². The Hall–Kier alpha value is -1.42. The highest BCUT2D eigenvalue weighted by Crippen LogP contribution is 2.12. The summed E-state index contributed by atoms with van der Waals surface area (Å²) >= 11 is 0. The van der Waals surface area contributed by atoms with Gasteiger partial charge in [-0.25, -0.2) is 4.98 Å². The van der Waals surface area contributed by atoms with E-state index in [4.69, 9.17) is 0 Å². The number of rotatable bonds is 5. The number of nitrogens with zero attached hydrogens (tertiary/aromatic N) is 2. The van der Waals surface area contributed by atoms with Crippen LogP contribution in [0.25, 0.3) is 0 Å². The second kappa shape index (κ2) is 5.77. The Morgan fingerprint density at radius 3 is 2.76 bits per heavy atom. The second-order valence-corrected chi connectivity index (χ2v) is 5.33. The lowest BCUT2D eigenvalue weighted by atomic mass is 10.4. The third kappa shape index (κ3) is 3.03. The molecule has 1 atom stereocenters. The molecule has 0 radical (unpaired) electrons. The van der Waals surface area contributed by atoms with Gasteiger partial charge in [0.2, 0.25) is 0 Å². The highest BCUT2D eigenvalue weighted by atomic mass is 32.2. The molecule has 3 nitrogen and oxygen atoms in total. The summed E-state index contributed by atoms with van der Waals surface area (Å²) < 4.78 is 14.2. The van der Waals surface area contributed by atoms with Crippen molar-refractivity contribution in [3.63, 3.8) is 0 Å². The molecular formula is C13H16N2OS. The van der Waals surface area contributed by atoms with E-state index in [2.05, 4.69) is 16.5 Å². The zero-order chi connectivity index (χ0) is 12.1. The van der Waals surface area contributed by atoms with Gasteiger partial charge in [0.25, 0.3) is 0 Å². The molecule has 4 heteroatoms. The standard InChI is InChI=1S/C13H16N2OS/c1-2-8-15-11-14-9-12(15)10-17(16)13-6-4-3-5-7-13/h3-7,9,11H,2,8,10H2,1H3. The van der Waals surface area contributed by atoms with Crippen molar-refractivity contribution < 1.29 is 4.21 Å². The molecule has 0 aliphatic carbocycles. The lowest BCUT2D eigenvalue weighted by molar-refractivity contribution is 0.652. The average Bonchev–Trinajstić information content (AvgIpc) is 2.78. The first kappa shape index (κ1) is 12.0. The van der Waals surface area contributed by atoms with Crippen molar-refractivity contribution >= 4 is 10.8 Å². The summed E-state index contributed by atoms with van der Waals surface area (Å²) in [6.07, 6.45) is 4.67. The van der Waals surface area contributed by atoms with Gasteiger partial charge < -0.3 is 4.57 Å². The van der Waals surface area contributed by atoms with E-state index in [0.29, 0.717) is 5.75 Å². The highest BCUT2D eigenvalue weighted by molar-refractivity contribution is 7.84. The van der Waals surface area contributed by atoms with Crippen LogP contribution in [0.1, 0.15) is 19.0 Å². The predicted molar refractivity (Wildman–Crippen MR) is 69.1 cm³/mol. The predicted octanol–water partition coefficient (Wildman–Crippen LogP) is 2.60. The number of aryl methyl sites for hydroxylation is 1. The molecule has 17 heavy (non-hydrogen) atoms. The summed E-state index contributed by atoms with van der Waals surface area (Å²) in [5.74, 6) is 0.532. The Morgan fingerprint density at radius 2 is 2.06 bits per heavy atom. The third-order valence-electron chi connectivity index (χ3n) is 2.55. The Kier molecular flexibility index (Phi) is 4.09. The van der Waals surface area contributed by atoms with Crippen molar-refractivity contribution in [2.75, 3.05) is 0 Å². The number of hydrogen-bond donors (Lipinski definition) is 0. The summed E-state index contributed by atoms with van der Waals surface area (Å²) in [5.41, 5.74) is 1.04. The Balaban J connectivity index is 2.11. The fourth-order valence-corrected chi connectivity index (χ4v) is 2.84. The van der Waals surface area contributed by atoms with Crippen LogP contribution in [0.5, 0.6) is 0 Å². The van der Waals surface area contributed by atoms with E-state index in [1.807, 2.05) is 30.3 Å². The normalized spacial score (nSPS) is 12.5. The summed E-state index contributed by atoms with van der Waals surface area (Å²) in [4.78, 5) is 4.99. The molecule has 90 valence electrons. The smallest absolute Gasteiger partial charge is 0.0948 e. The molecular weight excluding hydrogens is 232 g/mol. The van der Waals surface area contributed by atoms with Crippen molar-refractivity contribution in [1.82, 2.24) is 9.55 Å². The van der Waals surface area contributed by atoms with Crippen LogP contribution < -0.4 is 0 Å². The minimum Gasteiger partial charge on any atom is -0.334 e. The van der Waals surface area contributed by atoms with Crippen molar-refractivity contribution in [2.45, 2.75) is 30.5 Å². The molecule has 1 heterocycles. The van der Waals surface area contributed by atoms with Crippen molar-refractivity contribution in [2.24, 2.45) is 0 Å². The lowest BCUT2D eigenvalue weighted by Gasteiger charge is -2.06. The minimum absolute atomic E-state index is 0.532. The van der Waals surface area contributed by atoms with Gasteiger partial charge in [0.05, 0.1) is 28.6 Å². The third-order valence-corrected chi connectivity index (χ3v) is 3.90. The van der Waals surface area contributed by atoms with Crippen molar-refractivity contribution in [3.8, 4) is 0 Å². The molecule has 0 fully saturated rings. The van der Waals surface area contributed by atoms with E-state index in [1.54, 1.807) is 12.5 Å². The van der Waals surface area contributed by atoms with Crippen LogP contribution in [0, 0.1) is 0 Å². The Labute approximate surface area is 104 Å². The van der Waals surface area contributed by atoms with E-state index >= 15 is 0 Å². The number of aromatic nitrogens is 2. The minimum atomic E-state index is -0.987. The van der Waals surface area contributed by atoms with Gasteiger partial charge in [0.15, 0.2) is 0 Å². The first-order valence-electron chi connectivity index (χ1n) is 5.73. The molecule has 0 N–H and O–H groups in total. The van der Waals surface area contributed by atoms with Gasteiger partial charge in [-0.3, -0.25) is 4.21 Å². The van der Waals surface area contributed by atoms with Crippen LogP contribution in [0.2, 0.25) is 0 Å². The molecule has 2 aromatic rings. The number of benzene rings is 1. The summed E-state index contributed by atoms with van der Waals surface area (Å²) in [6.45, 7) is 3.05. The molecule has 0 aliphatic rings. The van der Waals surface area contributed by atoms with E-state index in [-0.39, 0.29) is 0 Å². The monoisotopic (exact) mass is 248 g/mol. The van der Waals surface area contributed by atoms with E-state index in [1.165, 1.54) is 0 Å². The van der Waals surface area contributed by atoms with Crippen molar-refractivity contribution in [1.29, 1.82) is 0 Å². The lowest BCUT2D eigenvalue weighted by Crippen LogP contribution is -2.04. The van der Waals surface area contributed by atoms with Gasteiger partial charge >= 0.3 is 0 Å². The molecule has 0 bridgehead atoms. The van der Waals surface area contributed by atoms with E-state index in [9.17, 15) is 4.21 Å². The van der Waals surface area contributed by atoms with Crippen LogP contribution in [-0.2, 0) is 23.1 Å². The number of hydrogen-bond acceptors (Lipinski definition) is 2. The largest absolute Gasteiger partial charge is 0.334 e. The molecule has 2 rings (SSSR count). The molecule has 0 spiro atoms. The SMILES string of the molecule is CCCn1cncc1CS(=O)c1ccccc1. The van der Waals surface area contributed by atoms with E-state index < -0.39 is 10.8 Å². The summed E-state index contributed by atoms with van der Waals surface area (Å²) in [6, 6.07) is 9.56. The maximum Gasteiger partial charge on any atom is 0.0948 e. The molecule has 1 aromatic heterocycles. The molecule has 0 saturated carbocycles. The first-order valence-corrected chi connectivity index (χ1v) is 7.05. The fourth-order valence-electron chi connectivity index (χ4n) is 1.70. The van der Waals surface area contributed by atoms with Crippen LogP contribution in [0.4, 0.5) is 0 Å². The summed E-state index contributed by atoms with van der Waals surface area (Å²) in [5, 5.41) is 0. The van der Waals surface area contributed by atoms with Crippen LogP contribution in [-0.4, -0.2) is 13.8 Å². The van der Waals surface area contributed by atoms with E-state index in [0.717, 1.165) is 23.6 Å². The molecule has 0 aliphatic heterocycles. The average molecular weight is 248 g/mol. The second-order valence-electron chi connectivity index (χ2n) is 3.88. The van der Waals surface area contributed by atoms with Crippen molar-refractivity contribution in [3.05, 3.63) is 48.5 Å². The molecule has 1 unspecified atom stereocenters. The van der Waals surface area contributed by atoms with Gasteiger partial charge in [-0.2, -0.15) is 0 Å². The molecule has 1 aromatic carbocycles. The number of imidazole rings is 1. The maximum atomic E-state index is 12.1. The maximum absolute atomic E-state index is 12.1. The van der Waals surface area contributed by atoms with Gasteiger partial charge in [-0.15, -0.1) is 0 Å². The Morgan fingerprint density at radius 1 is 1.29 bits per heavy atom. The molecule has 0 amide bonds. The first-order chi connectivity index (χ1) is 8.31. The zero-order valence-electron chi connectivity index (χ0n) is 9.87. The van der Waals surface area contributed by atoms with Gasteiger partial charge in [-0.1, -0.05) is 25.1 Å². The quantitative estimate of drug-likeness (QED) is 0.815. The van der Waals surface area contributed by atoms with Gasteiger partial charge in [0.1, 0.15) is 0 Å². The zero-order valence-corrected chi connectivity index (χ0v) is 10.7. The van der Waals surface area contributed by atoms with Crippen LogP contribution in [0.3, 0.4) is 0 Å². The van der Waals surface area contributed by atoms with Crippen LogP contribution >= 0.6 is 0 Å². The molecule has 0 saturated heterocycles. The van der Waals surface area contributed by atoms with Gasteiger partial charge in [-0.05, 0) is 18.6 Å². The fraction of sp³-hybridized carbons (Fsp3) is 0.308. The Bertz CT molecular complexity index is 493. The van der Waals surface area contributed by atoms with Crippen LogP contribution in [0.15, 0.2) is 47.8 Å². The summed E-state index contributed by atoms with van der Waals surface area (Å²) in [7, 11) is -0.987. The highest BCUT2D eigenvalue weighted by Gasteiger charge is 2.08. The topological polar surface area (TPSA) is 34.9 Å².